The number of carbonyl (C=O) groups excluding carboxylic acids is 4. The summed E-state index contributed by atoms with van der Waals surface area (Å²) in [5, 5.41) is 8.97. The fraction of sp³-hybridized carbons (Fsp3) is 0.484. The molecule has 4 atom stereocenters. The van der Waals surface area contributed by atoms with Crippen LogP contribution in [0.2, 0.25) is 0 Å². The smallest absolute Gasteiger partial charge is 0.247 e. The predicted octanol–water partition coefficient (Wildman–Crippen LogP) is 2.80. The van der Waals surface area contributed by atoms with E-state index in [1.165, 1.54) is 0 Å². The molecule has 2 aliphatic rings. The van der Waals surface area contributed by atoms with Crippen LogP contribution in [0.3, 0.4) is 0 Å². The van der Waals surface area contributed by atoms with Crippen molar-refractivity contribution in [2.75, 3.05) is 20.1 Å². The fourth-order valence-corrected chi connectivity index (χ4v) is 5.65. The molecule has 4 rings (SSSR count). The van der Waals surface area contributed by atoms with E-state index in [9.17, 15) is 19.2 Å². The molecule has 2 aromatic carbocycles. The van der Waals surface area contributed by atoms with Crippen molar-refractivity contribution in [1.29, 1.82) is 0 Å². The molecule has 2 aliphatic heterocycles. The quantitative estimate of drug-likeness (QED) is 0.420. The molecule has 0 spiro atoms. The monoisotopic (exact) mass is 583 g/mol. The second kappa shape index (κ2) is 15.0. The van der Waals surface area contributed by atoms with E-state index >= 15 is 0 Å². The molecule has 41 heavy (non-hydrogen) atoms. The minimum Gasteiger partial charge on any atom is -0.343 e. The molecule has 0 saturated carbocycles. The molecule has 222 valence electrons. The standard InChI is InChI=1S/C31H41N5O4.ClH/c1-4-11-27(37)35-19-18-24-16-17-26(36(24)31(40)25(20-35)33-29(38)21(2)32-3)30(39)34-28(22-12-7-5-8-13-22)23-14-9-6-10-15-23;/h5-10,12-15,21,24-26,28,32H,4,11,16-20H2,1-3H3,(H,33,38)(H,34,39);1H/t21-,24+,25-,26-;/m0./s1. The maximum atomic E-state index is 14.1. The van der Waals surface area contributed by atoms with Crippen LogP contribution in [-0.4, -0.2) is 77.7 Å². The van der Waals surface area contributed by atoms with Gasteiger partial charge < -0.3 is 25.8 Å². The van der Waals surface area contributed by atoms with E-state index < -0.39 is 18.1 Å². The maximum Gasteiger partial charge on any atom is 0.247 e. The Morgan fingerprint density at radius 3 is 2.12 bits per heavy atom. The number of hydrogen-bond donors (Lipinski definition) is 3. The van der Waals surface area contributed by atoms with Crippen molar-refractivity contribution in [3.63, 3.8) is 0 Å². The van der Waals surface area contributed by atoms with Crippen molar-refractivity contribution >= 4 is 36.0 Å². The first kappa shape index (κ1) is 32.1. The van der Waals surface area contributed by atoms with Crippen molar-refractivity contribution in [2.24, 2.45) is 0 Å². The molecule has 2 fully saturated rings. The summed E-state index contributed by atoms with van der Waals surface area (Å²) < 4.78 is 0. The molecule has 4 amide bonds. The van der Waals surface area contributed by atoms with Crippen LogP contribution in [0.15, 0.2) is 60.7 Å². The Bertz CT molecular complexity index is 1140. The van der Waals surface area contributed by atoms with Gasteiger partial charge in [0, 0.05) is 25.6 Å². The third-order valence-corrected chi connectivity index (χ3v) is 8.00. The molecule has 0 aliphatic carbocycles. The van der Waals surface area contributed by atoms with Gasteiger partial charge in [-0.25, -0.2) is 0 Å². The third-order valence-electron chi connectivity index (χ3n) is 8.00. The van der Waals surface area contributed by atoms with E-state index in [1.54, 1.807) is 23.8 Å². The molecule has 0 unspecified atom stereocenters. The van der Waals surface area contributed by atoms with Crippen LogP contribution in [0.1, 0.15) is 63.1 Å². The molecule has 10 heteroatoms. The number of halogens is 1. The number of benzene rings is 2. The summed E-state index contributed by atoms with van der Waals surface area (Å²) in [4.78, 5) is 57.0. The molecule has 2 heterocycles. The number of nitrogens with zero attached hydrogens (tertiary/aromatic N) is 2. The van der Waals surface area contributed by atoms with E-state index in [0.29, 0.717) is 38.6 Å². The lowest BCUT2D eigenvalue weighted by Gasteiger charge is -2.39. The second-order valence-corrected chi connectivity index (χ2v) is 10.7. The summed E-state index contributed by atoms with van der Waals surface area (Å²) in [6, 6.07) is 16.9. The Morgan fingerprint density at radius 1 is 0.951 bits per heavy atom. The van der Waals surface area contributed by atoms with Crippen LogP contribution in [-0.2, 0) is 19.2 Å². The van der Waals surface area contributed by atoms with Gasteiger partial charge in [0.1, 0.15) is 12.1 Å². The van der Waals surface area contributed by atoms with Crippen molar-refractivity contribution in [3.05, 3.63) is 71.8 Å². The first-order chi connectivity index (χ1) is 19.3. The van der Waals surface area contributed by atoms with Gasteiger partial charge in [0.2, 0.25) is 23.6 Å². The maximum absolute atomic E-state index is 14.1. The lowest BCUT2D eigenvalue weighted by atomic mass is 9.98. The summed E-state index contributed by atoms with van der Waals surface area (Å²) in [6.07, 6.45) is 2.88. The summed E-state index contributed by atoms with van der Waals surface area (Å²) in [5.41, 5.74) is 1.90. The minimum absolute atomic E-state index is 0. The Labute approximate surface area is 248 Å². The average molecular weight is 584 g/mol. The molecule has 0 radical (unpaired) electrons. The SMILES string of the molecule is CCCC(=O)N1CC[C@H]2CC[C@@H](C(=O)NC(c3ccccc3)c3ccccc3)N2C(=O)[C@@H](NC(=O)[C@H](C)NC)C1.Cl. The third kappa shape index (κ3) is 7.65. The topological polar surface area (TPSA) is 111 Å². The van der Waals surface area contributed by atoms with E-state index in [0.717, 1.165) is 11.1 Å². The van der Waals surface area contributed by atoms with E-state index in [2.05, 4.69) is 16.0 Å². The highest BCUT2D eigenvalue weighted by molar-refractivity contribution is 5.94. The van der Waals surface area contributed by atoms with Gasteiger partial charge in [0.25, 0.3) is 0 Å². The second-order valence-electron chi connectivity index (χ2n) is 10.7. The molecule has 3 N–H and O–H groups in total. The zero-order valence-electron chi connectivity index (χ0n) is 24.0. The average Bonchev–Trinajstić information content (AvgIpc) is 3.40. The van der Waals surface area contributed by atoms with Gasteiger partial charge >= 0.3 is 0 Å². The van der Waals surface area contributed by atoms with Crippen LogP contribution in [0, 0.1) is 0 Å². The van der Waals surface area contributed by atoms with Gasteiger partial charge in [-0.3, -0.25) is 19.2 Å². The van der Waals surface area contributed by atoms with Crippen LogP contribution < -0.4 is 16.0 Å². The lowest BCUT2D eigenvalue weighted by Crippen LogP contribution is -2.62. The summed E-state index contributed by atoms with van der Waals surface area (Å²) >= 11 is 0. The number of hydrogen-bond acceptors (Lipinski definition) is 5. The molecule has 0 aromatic heterocycles. The molecule has 0 bridgehead atoms. The zero-order valence-corrected chi connectivity index (χ0v) is 24.9. The van der Waals surface area contributed by atoms with Crippen LogP contribution in [0.5, 0.6) is 0 Å². The van der Waals surface area contributed by atoms with Gasteiger partial charge in [-0.15, -0.1) is 12.4 Å². The van der Waals surface area contributed by atoms with Crippen LogP contribution in [0.25, 0.3) is 0 Å². The highest BCUT2D eigenvalue weighted by atomic mass is 35.5. The number of amides is 4. The lowest BCUT2D eigenvalue weighted by molar-refractivity contribution is -0.147. The largest absolute Gasteiger partial charge is 0.343 e. The van der Waals surface area contributed by atoms with Crippen LogP contribution in [0.4, 0.5) is 0 Å². The number of nitrogens with one attached hydrogen (secondary N) is 3. The van der Waals surface area contributed by atoms with Gasteiger partial charge in [-0.2, -0.15) is 0 Å². The van der Waals surface area contributed by atoms with Crippen molar-refractivity contribution in [1.82, 2.24) is 25.8 Å². The molecular weight excluding hydrogens is 542 g/mol. The summed E-state index contributed by atoms with van der Waals surface area (Å²) in [5.74, 6) is -0.884. The van der Waals surface area contributed by atoms with E-state index in [4.69, 9.17) is 0 Å². The number of likely N-dealkylation sites (N-methyl/N-ethyl adjacent to an activating group) is 1. The first-order valence-corrected chi connectivity index (χ1v) is 14.3. The first-order valence-electron chi connectivity index (χ1n) is 14.3. The highest BCUT2D eigenvalue weighted by Crippen LogP contribution is 2.31. The minimum atomic E-state index is -0.931. The number of rotatable bonds is 9. The van der Waals surface area contributed by atoms with Gasteiger partial charge in [0.05, 0.1) is 12.1 Å². The summed E-state index contributed by atoms with van der Waals surface area (Å²) in [7, 11) is 1.67. The van der Waals surface area contributed by atoms with Crippen molar-refractivity contribution in [2.45, 2.75) is 76.2 Å². The normalized spacial score (nSPS) is 21.3. The zero-order chi connectivity index (χ0) is 28.6. The number of carbonyl (C=O) groups is 4. The molecular formula is C31H42ClN5O4. The van der Waals surface area contributed by atoms with E-state index in [1.807, 2.05) is 67.6 Å². The Kier molecular flexibility index (Phi) is 11.7. The predicted molar refractivity (Wildman–Crippen MR) is 160 cm³/mol. The van der Waals surface area contributed by atoms with E-state index in [-0.39, 0.29) is 54.7 Å². The summed E-state index contributed by atoms with van der Waals surface area (Å²) in [6.45, 7) is 4.23. The Balaban J connectivity index is 0.00000462. The van der Waals surface area contributed by atoms with Gasteiger partial charge in [-0.05, 0) is 50.8 Å². The fourth-order valence-electron chi connectivity index (χ4n) is 5.65. The molecule has 9 nitrogen and oxygen atoms in total. The Hall–Kier alpha value is -3.43. The highest BCUT2D eigenvalue weighted by Gasteiger charge is 2.45. The van der Waals surface area contributed by atoms with Gasteiger partial charge in [-0.1, -0.05) is 67.6 Å². The molecule has 2 saturated heterocycles. The van der Waals surface area contributed by atoms with Crippen LogP contribution >= 0.6 is 12.4 Å². The number of fused-ring (bicyclic) bond motifs is 1. The Morgan fingerprint density at radius 2 is 1.56 bits per heavy atom. The van der Waals surface area contributed by atoms with Gasteiger partial charge in [0.15, 0.2) is 0 Å². The van der Waals surface area contributed by atoms with Crippen molar-refractivity contribution in [3.8, 4) is 0 Å². The molecule has 2 aromatic rings. The van der Waals surface area contributed by atoms with Crippen molar-refractivity contribution < 1.29 is 19.2 Å².